The van der Waals surface area contributed by atoms with Crippen LogP contribution in [0.4, 0.5) is 5.69 Å². The second kappa shape index (κ2) is 8.83. The van der Waals surface area contributed by atoms with Crippen molar-refractivity contribution in [3.63, 3.8) is 0 Å². The Hall–Kier alpha value is -2.65. The quantitative estimate of drug-likeness (QED) is 0.283. The van der Waals surface area contributed by atoms with Crippen LogP contribution in [0.2, 0.25) is 5.02 Å². The van der Waals surface area contributed by atoms with E-state index in [1.165, 1.54) is 6.92 Å². The van der Waals surface area contributed by atoms with Gasteiger partial charge in [-0.05, 0) is 43.3 Å². The Kier molecular flexibility index (Phi) is 6.75. The van der Waals surface area contributed by atoms with Crippen molar-refractivity contribution in [2.24, 2.45) is 0 Å². The molecule has 0 aliphatic carbocycles. The van der Waals surface area contributed by atoms with Gasteiger partial charge in [-0.3, -0.25) is 14.9 Å². The number of nitro groups is 1. The molecular weight excluding hydrogens is 398 g/mol. The molecule has 2 aromatic rings. The maximum atomic E-state index is 12.4. The van der Waals surface area contributed by atoms with Crippen molar-refractivity contribution in [3.05, 3.63) is 63.7 Å². The average molecular weight is 414 g/mol. The fourth-order valence-electron chi connectivity index (χ4n) is 2.04. The van der Waals surface area contributed by atoms with Crippen molar-refractivity contribution in [2.75, 3.05) is 13.2 Å². The fraction of sp³-hybridized carbons (Fsp3) is 0.235. The molecule has 0 aliphatic rings. The molecule has 144 valence electrons. The number of hydrogen-bond acceptors (Lipinski definition) is 7. The minimum absolute atomic E-state index is 0.0394. The summed E-state index contributed by atoms with van der Waals surface area (Å²) in [5.41, 5.74) is -0.247. The first-order valence-electron chi connectivity index (χ1n) is 7.75. The lowest BCUT2D eigenvalue weighted by Gasteiger charge is -2.13. The van der Waals surface area contributed by atoms with Crippen molar-refractivity contribution in [3.8, 4) is 5.75 Å². The lowest BCUT2D eigenvalue weighted by atomic mass is 10.3. The van der Waals surface area contributed by atoms with Crippen molar-refractivity contribution in [2.45, 2.75) is 17.1 Å². The molecule has 0 fully saturated rings. The van der Waals surface area contributed by atoms with Crippen LogP contribution in [0, 0.1) is 10.1 Å². The number of carbonyl (C=O) groups is 1. The van der Waals surface area contributed by atoms with Crippen LogP contribution in [-0.2, 0) is 19.4 Å². The third-order valence-electron chi connectivity index (χ3n) is 3.58. The van der Waals surface area contributed by atoms with Crippen molar-refractivity contribution in [1.29, 1.82) is 0 Å². The highest BCUT2D eigenvalue weighted by atomic mass is 35.5. The average Bonchev–Trinajstić information content (AvgIpc) is 2.65. The van der Waals surface area contributed by atoms with Crippen LogP contribution in [0.5, 0.6) is 5.75 Å². The molecular formula is C17H16ClNO7S. The van der Waals surface area contributed by atoms with Crippen LogP contribution in [0.1, 0.15) is 6.92 Å². The van der Waals surface area contributed by atoms with Gasteiger partial charge < -0.3 is 9.47 Å². The van der Waals surface area contributed by atoms with Crippen LogP contribution in [0.15, 0.2) is 53.4 Å². The molecule has 10 heteroatoms. The number of halogens is 1. The topological polar surface area (TPSA) is 113 Å². The van der Waals surface area contributed by atoms with Crippen molar-refractivity contribution >= 4 is 33.1 Å². The van der Waals surface area contributed by atoms with Gasteiger partial charge in [0.05, 0.1) is 9.82 Å². The molecule has 0 spiro atoms. The normalized spacial score (nSPS) is 12.2. The van der Waals surface area contributed by atoms with Crippen molar-refractivity contribution < 1.29 is 27.6 Å². The number of esters is 1. The van der Waals surface area contributed by atoms with Crippen molar-refractivity contribution in [1.82, 2.24) is 0 Å². The van der Waals surface area contributed by atoms with E-state index in [0.29, 0.717) is 10.8 Å². The predicted molar refractivity (Wildman–Crippen MR) is 97.7 cm³/mol. The summed E-state index contributed by atoms with van der Waals surface area (Å²) in [5, 5.41) is 9.72. The van der Waals surface area contributed by atoms with Crippen LogP contribution >= 0.6 is 11.6 Å². The minimum Gasteiger partial charge on any atom is -0.490 e. The third-order valence-corrected chi connectivity index (χ3v) is 5.89. The monoisotopic (exact) mass is 413 g/mol. The second-order valence-corrected chi connectivity index (χ2v) is 8.11. The Morgan fingerprint density at radius 3 is 2.26 bits per heavy atom. The second-order valence-electron chi connectivity index (χ2n) is 5.41. The first kappa shape index (κ1) is 20.7. The molecule has 2 aromatic carbocycles. The molecule has 0 amide bonds. The Morgan fingerprint density at radius 2 is 1.70 bits per heavy atom. The number of carbonyl (C=O) groups excluding carboxylic acids is 1. The van der Waals surface area contributed by atoms with Gasteiger partial charge in [0.2, 0.25) is 0 Å². The molecule has 0 aromatic heterocycles. The molecule has 27 heavy (non-hydrogen) atoms. The van der Waals surface area contributed by atoms with Crippen LogP contribution in [-0.4, -0.2) is 37.8 Å². The Bertz CT molecular complexity index is 911. The highest BCUT2D eigenvalue weighted by molar-refractivity contribution is 7.92. The van der Waals surface area contributed by atoms with E-state index in [1.54, 1.807) is 24.3 Å². The predicted octanol–water partition coefficient (Wildman–Crippen LogP) is 3.03. The lowest BCUT2D eigenvalue weighted by molar-refractivity contribution is -0.384. The van der Waals surface area contributed by atoms with Gasteiger partial charge in [0.25, 0.3) is 5.69 Å². The summed E-state index contributed by atoms with van der Waals surface area (Å²) < 4.78 is 35.1. The number of hydrogen-bond donors (Lipinski definition) is 0. The smallest absolute Gasteiger partial charge is 0.324 e. The Morgan fingerprint density at radius 1 is 1.11 bits per heavy atom. The van der Waals surface area contributed by atoms with E-state index >= 15 is 0 Å². The molecule has 0 aliphatic heterocycles. The molecule has 0 bridgehead atoms. The highest BCUT2D eigenvalue weighted by Crippen LogP contribution is 2.20. The maximum absolute atomic E-state index is 12.4. The fourth-order valence-corrected chi connectivity index (χ4v) is 3.41. The molecule has 0 saturated carbocycles. The third kappa shape index (κ3) is 5.41. The van der Waals surface area contributed by atoms with Gasteiger partial charge in [-0.2, -0.15) is 0 Å². The molecule has 1 atom stereocenters. The van der Waals surface area contributed by atoms with Gasteiger partial charge >= 0.3 is 5.97 Å². The maximum Gasteiger partial charge on any atom is 0.324 e. The van der Waals surface area contributed by atoms with Gasteiger partial charge in [0.15, 0.2) is 15.1 Å². The number of non-ortho nitro benzene ring substituents is 1. The van der Waals surface area contributed by atoms with Gasteiger partial charge in [0, 0.05) is 17.2 Å². The van der Waals surface area contributed by atoms with E-state index < -0.39 is 26.0 Å². The number of rotatable bonds is 8. The zero-order valence-electron chi connectivity index (χ0n) is 14.2. The van der Waals surface area contributed by atoms with Crippen LogP contribution < -0.4 is 4.74 Å². The van der Waals surface area contributed by atoms with Gasteiger partial charge in [0.1, 0.15) is 19.0 Å². The number of nitro benzene ring substituents is 1. The number of ether oxygens (including phenoxy) is 2. The van der Waals surface area contributed by atoms with Crippen LogP contribution in [0.25, 0.3) is 0 Å². The summed E-state index contributed by atoms with van der Waals surface area (Å²) in [6.07, 6.45) is 0. The largest absolute Gasteiger partial charge is 0.490 e. The molecule has 0 N–H and O–H groups in total. The summed E-state index contributed by atoms with van der Waals surface area (Å²) in [6.45, 7) is 1.10. The Labute approximate surface area is 160 Å². The SMILES string of the molecule is C[C@H](C(=O)OCCOc1ccc(Cl)cc1)S(=O)(=O)c1ccc([N+](=O)[O-])cc1. The zero-order chi connectivity index (χ0) is 20.0. The standard InChI is InChI=1S/C17H16ClNO7S/c1-12(27(23,24)16-8-4-14(5-9-16)19(21)22)17(20)26-11-10-25-15-6-2-13(18)3-7-15/h2-9,12H,10-11H2,1H3/t12-/m1/s1. The van der Waals surface area contributed by atoms with Gasteiger partial charge in [-0.25, -0.2) is 8.42 Å². The first-order valence-corrected chi connectivity index (χ1v) is 9.67. The summed E-state index contributed by atoms with van der Waals surface area (Å²) in [4.78, 5) is 21.8. The number of nitrogens with zero attached hydrogens (tertiary/aromatic N) is 1. The minimum atomic E-state index is -4.03. The molecule has 0 radical (unpaired) electrons. The summed E-state index contributed by atoms with van der Waals surface area (Å²) in [7, 11) is -4.03. The molecule has 0 unspecified atom stereocenters. The van der Waals surface area contributed by atoms with E-state index in [2.05, 4.69) is 0 Å². The van der Waals surface area contributed by atoms with E-state index in [-0.39, 0.29) is 23.8 Å². The summed E-state index contributed by atoms with van der Waals surface area (Å²) >= 11 is 5.75. The summed E-state index contributed by atoms with van der Waals surface area (Å²) in [6, 6.07) is 10.9. The van der Waals surface area contributed by atoms with Crippen LogP contribution in [0.3, 0.4) is 0 Å². The number of benzene rings is 2. The molecule has 0 saturated heterocycles. The lowest BCUT2D eigenvalue weighted by Crippen LogP contribution is -2.30. The zero-order valence-corrected chi connectivity index (χ0v) is 15.8. The number of sulfone groups is 1. The van der Waals surface area contributed by atoms with E-state index in [1.807, 2.05) is 0 Å². The molecule has 0 heterocycles. The van der Waals surface area contributed by atoms with E-state index in [0.717, 1.165) is 24.3 Å². The van der Waals surface area contributed by atoms with Gasteiger partial charge in [-0.15, -0.1) is 0 Å². The molecule has 2 rings (SSSR count). The Balaban J connectivity index is 1.90. The van der Waals surface area contributed by atoms with E-state index in [4.69, 9.17) is 21.1 Å². The first-order chi connectivity index (χ1) is 12.7. The summed E-state index contributed by atoms with van der Waals surface area (Å²) in [5.74, 6) is -0.407. The van der Waals surface area contributed by atoms with Gasteiger partial charge in [-0.1, -0.05) is 11.6 Å². The van der Waals surface area contributed by atoms with E-state index in [9.17, 15) is 23.3 Å². The highest BCUT2D eigenvalue weighted by Gasteiger charge is 2.31. The molecule has 8 nitrogen and oxygen atoms in total.